The molecule has 0 radical (unpaired) electrons. The Morgan fingerprint density at radius 1 is 0.727 bits per heavy atom. The first kappa shape index (κ1) is 28.6. The van der Waals surface area contributed by atoms with Gasteiger partial charge in [-0.3, -0.25) is 0 Å². The van der Waals surface area contributed by atoms with Crippen LogP contribution in [0.5, 0.6) is 0 Å². The van der Waals surface area contributed by atoms with E-state index in [0.717, 1.165) is 0 Å². The first-order valence-electron chi connectivity index (χ1n) is 10.4. The summed E-state index contributed by atoms with van der Waals surface area (Å²) in [5.74, 6) is 0. The van der Waals surface area contributed by atoms with E-state index >= 15 is 0 Å². The van der Waals surface area contributed by atoms with Crippen LogP contribution in [0.15, 0.2) is 0 Å². The van der Waals surface area contributed by atoms with Gasteiger partial charge in [-0.1, -0.05) is 0 Å². The van der Waals surface area contributed by atoms with Crippen LogP contribution in [0.3, 0.4) is 0 Å². The summed E-state index contributed by atoms with van der Waals surface area (Å²) in [6.45, 7) is -1.33. The Morgan fingerprint density at radius 3 is 1.88 bits per heavy atom. The average molecular weight is 490 g/mol. The molecule has 14 atom stereocenters. The topological polar surface area (TPSA) is 259 Å². The maximum Gasteiger partial charge on any atom is 0.187 e. The Bertz CT molecular complexity index is 583. The zero-order chi connectivity index (χ0) is 25.0. The van der Waals surface area contributed by atoms with Crippen molar-refractivity contribution in [3.63, 3.8) is 0 Å². The molecule has 0 aromatic carbocycles. The van der Waals surface area contributed by atoms with Gasteiger partial charge in [0.05, 0.1) is 25.9 Å². The molecule has 15 heteroatoms. The van der Waals surface area contributed by atoms with Crippen LogP contribution >= 0.6 is 0 Å². The lowest BCUT2D eigenvalue weighted by Gasteiger charge is -2.46. The molecule has 15 nitrogen and oxygen atoms in total. The molecule has 0 amide bonds. The fourth-order valence-electron chi connectivity index (χ4n) is 3.58. The van der Waals surface area contributed by atoms with E-state index in [0.29, 0.717) is 0 Å². The molecule has 2 saturated heterocycles. The van der Waals surface area contributed by atoms with Crippen molar-refractivity contribution in [1.82, 2.24) is 0 Å². The lowest BCUT2D eigenvalue weighted by Crippen LogP contribution is -2.65. The molecule has 0 unspecified atom stereocenters. The Labute approximate surface area is 188 Å². The van der Waals surface area contributed by atoms with E-state index < -0.39 is 106 Å². The second-order valence-electron chi connectivity index (χ2n) is 8.08. The van der Waals surface area contributed by atoms with Crippen molar-refractivity contribution in [2.75, 3.05) is 19.8 Å². The fourth-order valence-corrected chi connectivity index (χ4v) is 3.58. The minimum atomic E-state index is -1.97. The fraction of sp³-hybridized carbons (Fsp3) is 1.00. The van der Waals surface area contributed by atoms with Crippen LogP contribution in [-0.2, 0) is 18.9 Å². The van der Waals surface area contributed by atoms with Crippen molar-refractivity contribution >= 4 is 0 Å². The van der Waals surface area contributed by atoms with Crippen LogP contribution in [0.4, 0.5) is 0 Å². The molecular formula is C18H34O15. The lowest BCUT2D eigenvalue weighted by molar-refractivity contribution is -0.375. The summed E-state index contributed by atoms with van der Waals surface area (Å²) in [5, 5.41) is 109. The van der Waals surface area contributed by atoms with Crippen LogP contribution in [0.25, 0.3) is 0 Å². The van der Waals surface area contributed by atoms with Crippen molar-refractivity contribution < 1.29 is 75.1 Å². The molecule has 0 spiro atoms. The number of aliphatic hydroxyl groups excluding tert-OH is 11. The van der Waals surface area contributed by atoms with E-state index in [1.807, 2.05) is 0 Å². The van der Waals surface area contributed by atoms with E-state index in [1.165, 1.54) is 6.92 Å². The molecule has 0 saturated carbocycles. The van der Waals surface area contributed by atoms with Crippen molar-refractivity contribution in [2.24, 2.45) is 0 Å². The van der Waals surface area contributed by atoms with E-state index in [-0.39, 0.29) is 0 Å². The monoisotopic (exact) mass is 490 g/mol. The molecule has 196 valence electrons. The predicted octanol–water partition coefficient (Wildman–Crippen LogP) is -6.91. The van der Waals surface area contributed by atoms with Crippen molar-refractivity contribution in [3.05, 3.63) is 0 Å². The van der Waals surface area contributed by atoms with Crippen molar-refractivity contribution in [2.45, 2.75) is 92.8 Å². The van der Waals surface area contributed by atoms with Crippen LogP contribution in [0.1, 0.15) is 6.92 Å². The van der Waals surface area contributed by atoms with Crippen molar-refractivity contribution in [3.8, 4) is 0 Å². The molecule has 0 aliphatic carbocycles. The van der Waals surface area contributed by atoms with Gasteiger partial charge in [0.15, 0.2) is 12.6 Å². The zero-order valence-corrected chi connectivity index (χ0v) is 17.8. The molecule has 0 bridgehead atoms. The van der Waals surface area contributed by atoms with E-state index in [9.17, 15) is 51.1 Å². The van der Waals surface area contributed by atoms with Gasteiger partial charge in [0, 0.05) is 0 Å². The molecule has 0 aromatic rings. The summed E-state index contributed by atoms with van der Waals surface area (Å²) in [6.07, 6.45) is -23.6. The number of rotatable bonds is 10. The predicted molar refractivity (Wildman–Crippen MR) is 102 cm³/mol. The highest BCUT2D eigenvalue weighted by Gasteiger charge is 2.51. The Kier molecular flexibility index (Phi) is 10.7. The molecule has 11 N–H and O–H groups in total. The highest BCUT2D eigenvalue weighted by Crippen LogP contribution is 2.31. The molecule has 2 aliphatic rings. The van der Waals surface area contributed by atoms with E-state index in [4.69, 9.17) is 24.1 Å². The molecule has 2 aliphatic heterocycles. The molecule has 2 fully saturated rings. The standard InChI is InChI=1S/C18H34O15/c1-5-9(24)12(27)14(29)17(30-5)33-16-13(28)11(26)8(4-21)31-18(16)32-15(7(23)3-20)10(25)6(22)2-19/h5-29H,2-4H2,1H3/t5-,6+,7-,8-,9+,10-,11+,12+,13+,14-,15-,16-,17+,18+/m1/s1. The van der Waals surface area contributed by atoms with Gasteiger partial charge >= 0.3 is 0 Å². The second-order valence-corrected chi connectivity index (χ2v) is 8.08. The number of ether oxygens (including phenoxy) is 4. The minimum Gasteiger partial charge on any atom is -0.394 e. The highest BCUT2D eigenvalue weighted by atomic mass is 16.8. The maximum absolute atomic E-state index is 10.6. The quantitative estimate of drug-likeness (QED) is 0.136. The lowest BCUT2D eigenvalue weighted by atomic mass is 9.97. The van der Waals surface area contributed by atoms with Crippen LogP contribution in [0.2, 0.25) is 0 Å². The maximum atomic E-state index is 10.6. The molecule has 33 heavy (non-hydrogen) atoms. The van der Waals surface area contributed by atoms with Gasteiger partial charge in [0.1, 0.15) is 67.1 Å². The molecular weight excluding hydrogens is 456 g/mol. The first-order chi connectivity index (χ1) is 15.5. The van der Waals surface area contributed by atoms with E-state index in [2.05, 4.69) is 0 Å². The third-order valence-electron chi connectivity index (χ3n) is 5.70. The number of hydrogen-bond donors (Lipinski definition) is 11. The Balaban J connectivity index is 2.30. The highest BCUT2D eigenvalue weighted by molar-refractivity contribution is 4.94. The Morgan fingerprint density at radius 2 is 1.33 bits per heavy atom. The van der Waals surface area contributed by atoms with Crippen LogP contribution < -0.4 is 0 Å². The zero-order valence-electron chi connectivity index (χ0n) is 17.8. The smallest absolute Gasteiger partial charge is 0.187 e. The van der Waals surface area contributed by atoms with Gasteiger partial charge < -0.3 is 75.1 Å². The number of hydrogen-bond acceptors (Lipinski definition) is 15. The van der Waals surface area contributed by atoms with Crippen LogP contribution in [-0.4, -0.2) is 162 Å². The molecule has 0 aromatic heterocycles. The van der Waals surface area contributed by atoms with Crippen LogP contribution in [0, 0.1) is 0 Å². The van der Waals surface area contributed by atoms with Crippen molar-refractivity contribution in [1.29, 1.82) is 0 Å². The van der Waals surface area contributed by atoms with Gasteiger partial charge in [-0.2, -0.15) is 0 Å². The summed E-state index contributed by atoms with van der Waals surface area (Å²) in [7, 11) is 0. The molecule has 2 heterocycles. The van der Waals surface area contributed by atoms with Gasteiger partial charge in [0.2, 0.25) is 0 Å². The first-order valence-corrected chi connectivity index (χ1v) is 10.4. The van der Waals surface area contributed by atoms with Gasteiger partial charge in [-0.15, -0.1) is 0 Å². The third kappa shape index (κ3) is 6.35. The largest absolute Gasteiger partial charge is 0.394 e. The summed E-state index contributed by atoms with van der Waals surface area (Å²) in [4.78, 5) is 0. The third-order valence-corrected chi connectivity index (χ3v) is 5.70. The van der Waals surface area contributed by atoms with Gasteiger partial charge in [-0.05, 0) is 6.92 Å². The normalized spacial score (nSPS) is 43.6. The van der Waals surface area contributed by atoms with Gasteiger partial charge in [0.25, 0.3) is 0 Å². The summed E-state index contributed by atoms with van der Waals surface area (Å²) < 4.78 is 21.6. The Hall–Kier alpha value is -0.600. The van der Waals surface area contributed by atoms with Gasteiger partial charge in [-0.25, -0.2) is 0 Å². The van der Waals surface area contributed by atoms with E-state index in [1.54, 1.807) is 0 Å². The summed E-state index contributed by atoms with van der Waals surface area (Å²) in [5.41, 5.74) is 0. The average Bonchev–Trinajstić information content (AvgIpc) is 2.81. The SMILES string of the molecule is C[C@H]1O[C@@H](O[C@H]2[C@H](O[C@@H]([C@H](O)[C@@H](O)CO)[C@H](O)CO)O[C@H](CO)[C@H](O)[C@@H]2O)[C@H](O)[C@@H](O)[C@H]1O. The summed E-state index contributed by atoms with van der Waals surface area (Å²) in [6, 6.07) is 0. The molecule has 2 rings (SSSR count). The number of aliphatic hydroxyl groups is 11. The summed E-state index contributed by atoms with van der Waals surface area (Å²) >= 11 is 0. The second kappa shape index (κ2) is 12.4. The minimum absolute atomic E-state index is 0.801.